The number of hydrogen-bond donors (Lipinski definition) is 1. The molecule has 1 rings (SSSR count). The van der Waals surface area contributed by atoms with Gasteiger partial charge in [0.15, 0.2) is 0 Å². The van der Waals surface area contributed by atoms with Crippen LogP contribution in [0.3, 0.4) is 0 Å². The van der Waals surface area contributed by atoms with Crippen LogP contribution in [0.15, 0.2) is 6.07 Å². The molecule has 0 saturated heterocycles. The Balaban J connectivity index is 2.81. The molecule has 0 radical (unpaired) electrons. The third-order valence-corrected chi connectivity index (χ3v) is 2.57. The zero-order valence-electron chi connectivity index (χ0n) is 12.1. The van der Waals surface area contributed by atoms with Crippen LogP contribution in [0, 0.1) is 6.92 Å². The zero-order chi connectivity index (χ0) is 15.2. The minimum Gasteiger partial charge on any atom is -0.370 e. The number of anilines is 1. The molecule has 0 aromatic carbocycles. The van der Waals surface area contributed by atoms with Gasteiger partial charge in [-0.1, -0.05) is 6.92 Å². The van der Waals surface area contributed by atoms with Crippen LogP contribution in [0.2, 0.25) is 0 Å². The number of aromatic nitrogens is 2. The van der Waals surface area contributed by atoms with E-state index in [9.17, 15) is 13.2 Å². The number of alkyl halides is 3. The highest BCUT2D eigenvalue weighted by Gasteiger charge is 2.30. The van der Waals surface area contributed by atoms with Crippen LogP contribution in [0.1, 0.15) is 31.8 Å². The number of aryl methyl sites for hydroxylation is 1. The smallest absolute Gasteiger partial charge is 0.370 e. The van der Waals surface area contributed by atoms with Gasteiger partial charge in [-0.2, -0.15) is 13.2 Å². The van der Waals surface area contributed by atoms with Crippen molar-refractivity contribution in [2.75, 3.05) is 25.0 Å². The van der Waals surface area contributed by atoms with Crippen molar-refractivity contribution in [3.63, 3.8) is 0 Å². The Morgan fingerprint density at radius 3 is 2.50 bits per heavy atom. The number of hydrogen-bond acceptors (Lipinski definition) is 4. The lowest BCUT2D eigenvalue weighted by molar-refractivity contribution is -0.147. The lowest BCUT2D eigenvalue weighted by atomic mass is 10.3. The third-order valence-electron chi connectivity index (χ3n) is 2.57. The summed E-state index contributed by atoms with van der Waals surface area (Å²) in [7, 11) is 0. The van der Waals surface area contributed by atoms with Crippen molar-refractivity contribution < 1.29 is 13.2 Å². The maximum Gasteiger partial charge on any atom is 0.401 e. The van der Waals surface area contributed by atoms with Crippen LogP contribution in [0.4, 0.5) is 19.0 Å². The van der Waals surface area contributed by atoms with Crippen LogP contribution in [0.5, 0.6) is 0 Å². The first-order chi connectivity index (χ1) is 9.34. The number of nitrogens with one attached hydrogen (secondary N) is 1. The number of nitrogens with zero attached hydrogens (tertiary/aromatic N) is 3. The molecule has 20 heavy (non-hydrogen) atoms. The second-order valence-electron chi connectivity index (χ2n) is 4.67. The lowest BCUT2D eigenvalue weighted by Gasteiger charge is -2.22. The second kappa shape index (κ2) is 7.42. The van der Waals surface area contributed by atoms with Crippen molar-refractivity contribution in [1.82, 2.24) is 14.9 Å². The molecule has 0 aliphatic rings. The van der Waals surface area contributed by atoms with Crippen LogP contribution in [0.25, 0.3) is 0 Å². The molecule has 0 aliphatic heterocycles. The number of rotatable bonds is 7. The van der Waals surface area contributed by atoms with Gasteiger partial charge in [-0.05, 0) is 26.8 Å². The topological polar surface area (TPSA) is 41.1 Å². The fourth-order valence-electron chi connectivity index (χ4n) is 1.96. The molecule has 1 N–H and O–H groups in total. The summed E-state index contributed by atoms with van der Waals surface area (Å²) in [4.78, 5) is 9.78. The molecule has 0 amide bonds. The second-order valence-corrected chi connectivity index (χ2v) is 4.67. The van der Waals surface area contributed by atoms with Crippen molar-refractivity contribution >= 4 is 5.82 Å². The quantitative estimate of drug-likeness (QED) is 0.838. The standard InChI is InChI=1S/C13H21F3N4/c1-4-6-20(9-13(14,15)16)8-12-18-10(3)7-11(19-12)17-5-2/h7H,4-6,8-9H2,1-3H3,(H,17,18,19). The monoisotopic (exact) mass is 290 g/mol. The molecule has 0 spiro atoms. The van der Waals surface area contributed by atoms with Gasteiger partial charge in [0.25, 0.3) is 0 Å². The van der Waals surface area contributed by atoms with Crippen LogP contribution in [-0.2, 0) is 6.54 Å². The van der Waals surface area contributed by atoms with E-state index in [0.29, 0.717) is 31.2 Å². The van der Waals surface area contributed by atoms with Gasteiger partial charge in [0.1, 0.15) is 11.6 Å². The maximum absolute atomic E-state index is 12.5. The molecule has 4 nitrogen and oxygen atoms in total. The van der Waals surface area contributed by atoms with Gasteiger partial charge in [0.2, 0.25) is 0 Å². The van der Waals surface area contributed by atoms with E-state index in [2.05, 4.69) is 15.3 Å². The summed E-state index contributed by atoms with van der Waals surface area (Å²) in [6, 6.07) is 1.78. The summed E-state index contributed by atoms with van der Waals surface area (Å²) < 4.78 is 37.5. The van der Waals surface area contributed by atoms with Gasteiger partial charge < -0.3 is 5.32 Å². The first kappa shape index (κ1) is 16.7. The molecule has 0 saturated carbocycles. The van der Waals surface area contributed by atoms with Gasteiger partial charge in [0, 0.05) is 18.3 Å². The third kappa shape index (κ3) is 6.18. The molecule has 114 valence electrons. The van der Waals surface area contributed by atoms with E-state index in [1.165, 1.54) is 4.90 Å². The van der Waals surface area contributed by atoms with Gasteiger partial charge in [-0.25, -0.2) is 9.97 Å². The highest BCUT2D eigenvalue weighted by molar-refractivity contribution is 5.35. The predicted molar refractivity (Wildman–Crippen MR) is 72.6 cm³/mol. The van der Waals surface area contributed by atoms with E-state index in [1.54, 1.807) is 13.0 Å². The predicted octanol–water partition coefficient (Wildman–Crippen LogP) is 2.99. The molecule has 7 heteroatoms. The first-order valence-electron chi connectivity index (χ1n) is 6.71. The summed E-state index contributed by atoms with van der Waals surface area (Å²) in [5.41, 5.74) is 0.745. The molecular weight excluding hydrogens is 269 g/mol. The molecule has 0 aliphatic carbocycles. The Hall–Kier alpha value is -1.37. The average molecular weight is 290 g/mol. The van der Waals surface area contributed by atoms with Gasteiger partial charge in [0.05, 0.1) is 13.1 Å². The van der Waals surface area contributed by atoms with Crippen molar-refractivity contribution in [1.29, 1.82) is 0 Å². The molecule has 0 atom stereocenters. The van der Waals surface area contributed by atoms with E-state index in [0.717, 1.165) is 5.69 Å². The Bertz CT molecular complexity index is 421. The molecular formula is C13H21F3N4. The SMILES string of the molecule is CCCN(Cc1nc(C)cc(NCC)n1)CC(F)(F)F. The molecule has 0 fully saturated rings. The summed E-state index contributed by atoms with van der Waals surface area (Å²) in [5.74, 6) is 1.07. The van der Waals surface area contributed by atoms with E-state index >= 15 is 0 Å². The molecule has 0 bridgehead atoms. The first-order valence-corrected chi connectivity index (χ1v) is 6.71. The van der Waals surface area contributed by atoms with Gasteiger partial charge in [-0.15, -0.1) is 0 Å². The fraction of sp³-hybridized carbons (Fsp3) is 0.692. The summed E-state index contributed by atoms with van der Waals surface area (Å²) in [6.07, 6.45) is -3.55. The van der Waals surface area contributed by atoms with Crippen molar-refractivity contribution in [2.45, 2.75) is 39.9 Å². The summed E-state index contributed by atoms with van der Waals surface area (Å²) >= 11 is 0. The molecule has 1 aromatic rings. The van der Waals surface area contributed by atoms with Gasteiger partial charge >= 0.3 is 6.18 Å². The normalized spacial score (nSPS) is 11.9. The largest absolute Gasteiger partial charge is 0.401 e. The van der Waals surface area contributed by atoms with Crippen LogP contribution in [-0.4, -0.2) is 40.7 Å². The highest BCUT2D eigenvalue weighted by Crippen LogP contribution is 2.18. The maximum atomic E-state index is 12.5. The van der Waals surface area contributed by atoms with Gasteiger partial charge in [-0.3, -0.25) is 4.90 Å². The Morgan fingerprint density at radius 1 is 1.25 bits per heavy atom. The lowest BCUT2D eigenvalue weighted by Crippen LogP contribution is -2.35. The Morgan fingerprint density at radius 2 is 1.95 bits per heavy atom. The summed E-state index contributed by atoms with van der Waals surface area (Å²) in [5, 5.41) is 3.05. The zero-order valence-corrected chi connectivity index (χ0v) is 12.1. The Labute approximate surface area is 117 Å². The average Bonchev–Trinajstić information content (AvgIpc) is 2.26. The summed E-state index contributed by atoms with van der Waals surface area (Å²) in [6.45, 7) is 5.83. The minimum atomic E-state index is -4.20. The van der Waals surface area contributed by atoms with Crippen molar-refractivity contribution in [3.05, 3.63) is 17.6 Å². The van der Waals surface area contributed by atoms with E-state index in [4.69, 9.17) is 0 Å². The van der Waals surface area contributed by atoms with Crippen LogP contribution < -0.4 is 5.32 Å². The van der Waals surface area contributed by atoms with Crippen molar-refractivity contribution in [2.24, 2.45) is 0 Å². The minimum absolute atomic E-state index is 0.105. The van der Waals surface area contributed by atoms with E-state index in [1.807, 2.05) is 13.8 Å². The van der Waals surface area contributed by atoms with Crippen LogP contribution >= 0.6 is 0 Å². The Kier molecular flexibility index (Phi) is 6.19. The molecule has 0 unspecified atom stereocenters. The molecule has 1 aromatic heterocycles. The fourth-order valence-corrected chi connectivity index (χ4v) is 1.96. The van der Waals surface area contributed by atoms with E-state index in [-0.39, 0.29) is 6.54 Å². The molecule has 1 heterocycles. The number of halogens is 3. The van der Waals surface area contributed by atoms with Crippen molar-refractivity contribution in [3.8, 4) is 0 Å². The van der Waals surface area contributed by atoms with E-state index < -0.39 is 12.7 Å². The highest BCUT2D eigenvalue weighted by atomic mass is 19.4.